The van der Waals surface area contributed by atoms with Crippen molar-refractivity contribution in [1.29, 1.82) is 0 Å². The van der Waals surface area contributed by atoms with E-state index >= 15 is 0 Å². The highest BCUT2D eigenvalue weighted by Gasteiger charge is 2.18. The summed E-state index contributed by atoms with van der Waals surface area (Å²) >= 11 is 0. The highest BCUT2D eigenvalue weighted by molar-refractivity contribution is 5.81. The van der Waals surface area contributed by atoms with Gasteiger partial charge in [0.2, 0.25) is 0 Å². The van der Waals surface area contributed by atoms with Crippen LogP contribution in [0.5, 0.6) is 0 Å². The minimum Gasteiger partial charge on any atom is -0.456 e. The van der Waals surface area contributed by atoms with Gasteiger partial charge in [-0.1, -0.05) is 97.9 Å². The summed E-state index contributed by atoms with van der Waals surface area (Å²) in [5.74, 6) is -0.677. The minimum absolute atomic E-state index is 0.0353. The van der Waals surface area contributed by atoms with Gasteiger partial charge in [-0.05, 0) is 22.6 Å². The molecule has 0 aliphatic carbocycles. The Kier molecular flexibility index (Phi) is 7.17. The maximum Gasteiger partial charge on any atom is 0.306 e. The number of esters is 1. The largest absolute Gasteiger partial charge is 0.456 e. The lowest BCUT2D eigenvalue weighted by molar-refractivity contribution is -0.149. The molecule has 0 radical (unpaired) electrons. The number of carbonyl (C=O) groups is 2. The van der Waals surface area contributed by atoms with E-state index in [4.69, 9.17) is 4.74 Å². The SMILES string of the molecule is C[C@H](CC(=O)OCC(=O)NC(c1ccccc1)c1ccccc1)c1ccccc1. The molecule has 4 nitrogen and oxygen atoms in total. The van der Waals surface area contributed by atoms with Gasteiger partial charge in [-0.3, -0.25) is 9.59 Å². The number of hydrogen-bond acceptors (Lipinski definition) is 3. The molecule has 0 saturated carbocycles. The van der Waals surface area contributed by atoms with Crippen LogP contribution < -0.4 is 5.32 Å². The van der Waals surface area contributed by atoms with Crippen LogP contribution in [-0.2, 0) is 14.3 Å². The topological polar surface area (TPSA) is 55.4 Å². The molecule has 1 N–H and O–H groups in total. The van der Waals surface area contributed by atoms with Crippen molar-refractivity contribution in [2.45, 2.75) is 25.3 Å². The first-order chi connectivity index (χ1) is 14.1. The zero-order valence-corrected chi connectivity index (χ0v) is 16.5. The van der Waals surface area contributed by atoms with Crippen LogP contribution >= 0.6 is 0 Å². The molecule has 0 unspecified atom stereocenters. The van der Waals surface area contributed by atoms with Gasteiger partial charge in [-0.15, -0.1) is 0 Å². The van der Waals surface area contributed by atoms with Crippen LogP contribution in [0.25, 0.3) is 0 Å². The lowest BCUT2D eigenvalue weighted by Crippen LogP contribution is -2.33. The Morgan fingerprint density at radius 1 is 0.759 bits per heavy atom. The van der Waals surface area contributed by atoms with E-state index in [1.54, 1.807) is 0 Å². The van der Waals surface area contributed by atoms with E-state index in [9.17, 15) is 9.59 Å². The van der Waals surface area contributed by atoms with E-state index in [-0.39, 0.29) is 36.9 Å². The first-order valence-corrected chi connectivity index (χ1v) is 9.73. The third-order valence-electron chi connectivity index (χ3n) is 4.78. The second-order valence-electron chi connectivity index (χ2n) is 7.00. The Hall–Kier alpha value is -3.40. The first kappa shape index (κ1) is 20.3. The molecule has 148 valence electrons. The van der Waals surface area contributed by atoms with Gasteiger partial charge in [-0.2, -0.15) is 0 Å². The van der Waals surface area contributed by atoms with Crippen LogP contribution in [0.1, 0.15) is 42.0 Å². The van der Waals surface area contributed by atoms with Gasteiger partial charge >= 0.3 is 5.97 Å². The molecule has 29 heavy (non-hydrogen) atoms. The normalized spacial score (nSPS) is 11.7. The fourth-order valence-electron chi connectivity index (χ4n) is 3.21. The van der Waals surface area contributed by atoms with Crippen molar-refractivity contribution in [3.8, 4) is 0 Å². The second-order valence-corrected chi connectivity index (χ2v) is 7.00. The van der Waals surface area contributed by atoms with Crippen molar-refractivity contribution in [3.63, 3.8) is 0 Å². The first-order valence-electron chi connectivity index (χ1n) is 9.73. The third-order valence-corrected chi connectivity index (χ3v) is 4.78. The highest BCUT2D eigenvalue weighted by Crippen LogP contribution is 2.22. The smallest absolute Gasteiger partial charge is 0.306 e. The van der Waals surface area contributed by atoms with Gasteiger partial charge in [0.25, 0.3) is 5.91 Å². The molecule has 1 atom stereocenters. The van der Waals surface area contributed by atoms with E-state index in [0.29, 0.717) is 0 Å². The van der Waals surface area contributed by atoms with Crippen molar-refractivity contribution in [1.82, 2.24) is 5.32 Å². The maximum atomic E-state index is 12.5. The zero-order valence-electron chi connectivity index (χ0n) is 16.5. The van der Waals surface area contributed by atoms with Crippen molar-refractivity contribution in [2.75, 3.05) is 6.61 Å². The van der Waals surface area contributed by atoms with Crippen LogP contribution in [0.15, 0.2) is 91.0 Å². The molecule has 0 bridgehead atoms. The quantitative estimate of drug-likeness (QED) is 0.574. The monoisotopic (exact) mass is 387 g/mol. The summed E-state index contributed by atoms with van der Waals surface area (Å²) in [6.07, 6.45) is 0.234. The van der Waals surface area contributed by atoms with Crippen LogP contribution in [0.4, 0.5) is 0 Å². The molecule has 0 aliphatic heterocycles. The standard InChI is InChI=1S/C25H25NO3/c1-19(20-11-5-2-6-12-20)17-24(28)29-18-23(27)26-25(21-13-7-3-8-14-21)22-15-9-4-10-16-22/h2-16,19,25H,17-18H2,1H3,(H,26,27)/t19-/m1/s1. The Balaban J connectivity index is 1.57. The molecule has 3 aromatic carbocycles. The fraction of sp³-hybridized carbons (Fsp3) is 0.200. The van der Waals surface area contributed by atoms with Gasteiger partial charge in [0.05, 0.1) is 12.5 Å². The number of benzene rings is 3. The van der Waals surface area contributed by atoms with Crippen molar-refractivity contribution in [2.24, 2.45) is 0 Å². The average molecular weight is 387 g/mol. The van der Waals surface area contributed by atoms with Gasteiger partial charge in [0.1, 0.15) is 0 Å². The van der Waals surface area contributed by atoms with Gasteiger partial charge in [0, 0.05) is 0 Å². The van der Waals surface area contributed by atoms with Gasteiger partial charge in [-0.25, -0.2) is 0 Å². The Bertz CT molecular complexity index is 871. The molecule has 0 aliphatic rings. The number of nitrogens with one attached hydrogen (secondary N) is 1. The van der Waals surface area contributed by atoms with E-state index in [1.807, 2.05) is 97.9 Å². The van der Waals surface area contributed by atoms with Crippen LogP contribution in [0.3, 0.4) is 0 Å². The minimum atomic E-state index is -0.382. The summed E-state index contributed by atoms with van der Waals surface area (Å²) in [5, 5.41) is 2.97. The predicted molar refractivity (Wildman–Crippen MR) is 113 cm³/mol. The van der Waals surface area contributed by atoms with E-state index in [1.165, 1.54) is 0 Å². The maximum absolute atomic E-state index is 12.5. The molecule has 0 saturated heterocycles. The lowest BCUT2D eigenvalue weighted by atomic mass is 9.98. The molecular weight excluding hydrogens is 362 g/mol. The van der Waals surface area contributed by atoms with E-state index < -0.39 is 0 Å². The second kappa shape index (κ2) is 10.2. The fourth-order valence-corrected chi connectivity index (χ4v) is 3.21. The number of carbonyl (C=O) groups excluding carboxylic acids is 2. The summed E-state index contributed by atoms with van der Waals surface area (Å²) in [7, 11) is 0. The molecule has 4 heteroatoms. The van der Waals surface area contributed by atoms with Gasteiger partial charge in [0.15, 0.2) is 6.61 Å². The number of amides is 1. The van der Waals surface area contributed by atoms with E-state index in [2.05, 4.69) is 5.32 Å². The van der Waals surface area contributed by atoms with Gasteiger partial charge < -0.3 is 10.1 Å². The molecule has 0 spiro atoms. The summed E-state index contributed by atoms with van der Waals surface area (Å²) in [5.41, 5.74) is 3.01. The molecule has 3 aromatic rings. The Labute approximate surface area is 171 Å². The number of ether oxygens (including phenoxy) is 1. The molecular formula is C25H25NO3. The summed E-state index contributed by atoms with van der Waals surface area (Å²) in [6.45, 7) is 1.67. The number of rotatable bonds is 8. The van der Waals surface area contributed by atoms with Crippen molar-refractivity contribution >= 4 is 11.9 Å². The molecule has 0 fully saturated rings. The predicted octanol–water partition coefficient (Wildman–Crippen LogP) is 4.63. The van der Waals surface area contributed by atoms with Crippen molar-refractivity contribution < 1.29 is 14.3 Å². The molecule has 3 rings (SSSR count). The summed E-state index contributed by atoms with van der Waals surface area (Å²) in [4.78, 5) is 24.6. The Morgan fingerprint density at radius 3 is 1.69 bits per heavy atom. The lowest BCUT2D eigenvalue weighted by Gasteiger charge is -2.20. The average Bonchev–Trinajstić information content (AvgIpc) is 2.78. The number of hydrogen-bond donors (Lipinski definition) is 1. The molecule has 0 heterocycles. The summed E-state index contributed by atoms with van der Waals surface area (Å²) in [6, 6.07) is 28.9. The molecule has 0 aromatic heterocycles. The van der Waals surface area contributed by atoms with E-state index in [0.717, 1.165) is 16.7 Å². The third kappa shape index (κ3) is 6.04. The zero-order chi connectivity index (χ0) is 20.5. The Morgan fingerprint density at radius 2 is 1.21 bits per heavy atom. The van der Waals surface area contributed by atoms with Crippen LogP contribution in [0, 0.1) is 0 Å². The molecule has 1 amide bonds. The van der Waals surface area contributed by atoms with Crippen LogP contribution in [-0.4, -0.2) is 18.5 Å². The van der Waals surface area contributed by atoms with Crippen molar-refractivity contribution in [3.05, 3.63) is 108 Å². The summed E-state index contributed by atoms with van der Waals surface area (Å²) < 4.78 is 5.22. The highest BCUT2D eigenvalue weighted by atomic mass is 16.5. The van der Waals surface area contributed by atoms with Crippen LogP contribution in [0.2, 0.25) is 0 Å².